The van der Waals surface area contributed by atoms with Crippen molar-refractivity contribution >= 4 is 51.2 Å². The van der Waals surface area contributed by atoms with Gasteiger partial charge in [-0.05, 0) is 40.9 Å². The van der Waals surface area contributed by atoms with Crippen LogP contribution < -0.4 is 0 Å². The number of aromatic nitrogens is 1. The van der Waals surface area contributed by atoms with Crippen molar-refractivity contribution in [1.29, 1.82) is 0 Å². The van der Waals surface area contributed by atoms with Crippen molar-refractivity contribution in [2.24, 2.45) is 0 Å². The lowest BCUT2D eigenvalue weighted by Gasteiger charge is -2.36. The summed E-state index contributed by atoms with van der Waals surface area (Å²) in [6.45, 7) is 5.38. The Morgan fingerprint density at radius 2 is 1.84 bits per heavy atom. The van der Waals surface area contributed by atoms with Gasteiger partial charge in [0.1, 0.15) is 4.90 Å². The van der Waals surface area contributed by atoms with Crippen molar-refractivity contribution < 1.29 is 8.42 Å². The van der Waals surface area contributed by atoms with Crippen LogP contribution in [-0.2, 0) is 10.0 Å². The second kappa shape index (κ2) is 9.36. The van der Waals surface area contributed by atoms with E-state index in [1.165, 1.54) is 11.1 Å². The number of benzene rings is 2. The normalized spacial score (nSPS) is 17.8. The first-order valence-corrected chi connectivity index (χ1v) is 14.8. The first-order chi connectivity index (χ1) is 15.0. The average molecular weight is 515 g/mol. The third kappa shape index (κ3) is 4.42. The number of sulfonamides is 1. The molecule has 0 saturated carbocycles. The zero-order chi connectivity index (χ0) is 22.0. The third-order valence-corrected chi connectivity index (χ3v) is 11.7. The highest BCUT2D eigenvalue weighted by Crippen LogP contribution is 2.39. The fourth-order valence-electron chi connectivity index (χ4n) is 4.42. The van der Waals surface area contributed by atoms with Crippen LogP contribution in [-0.4, -0.2) is 39.6 Å². The van der Waals surface area contributed by atoms with E-state index >= 15 is 0 Å². The Kier molecular flexibility index (Phi) is 6.76. The van der Waals surface area contributed by atoms with Gasteiger partial charge in [0.05, 0.1) is 14.3 Å². The summed E-state index contributed by atoms with van der Waals surface area (Å²) < 4.78 is 30.1. The molecule has 0 unspecified atom stereocenters. The third-order valence-electron chi connectivity index (χ3n) is 6.05. The minimum absolute atomic E-state index is 0.251. The van der Waals surface area contributed by atoms with Gasteiger partial charge in [0.2, 0.25) is 10.0 Å². The van der Waals surface area contributed by atoms with Crippen LogP contribution in [0.5, 0.6) is 0 Å². The molecule has 4 nitrogen and oxygen atoms in total. The number of pyridine rings is 1. The Bertz CT molecular complexity index is 1220. The molecule has 1 radical (unpaired) electrons. The van der Waals surface area contributed by atoms with Gasteiger partial charge >= 0.3 is 0 Å². The Balaban J connectivity index is 1.76. The molecule has 2 aromatic carbocycles. The fraction of sp³-hybridized carbons (Fsp3) is 0.292. The van der Waals surface area contributed by atoms with E-state index in [4.69, 9.17) is 0 Å². The van der Waals surface area contributed by atoms with E-state index in [1.54, 1.807) is 22.6 Å². The molecule has 4 rings (SSSR count). The highest BCUT2D eigenvalue weighted by Gasteiger charge is 2.36. The SMILES string of the molecule is CC[Si](CC)[C@H]1CN(S(=O)(=O)c2cccc3cccnc23)CC=C1c1cccc(Br)c1. The fourth-order valence-corrected chi connectivity index (χ4v) is 9.20. The van der Waals surface area contributed by atoms with E-state index in [9.17, 15) is 8.42 Å². The molecule has 0 saturated heterocycles. The number of hydrogen-bond donors (Lipinski definition) is 0. The molecule has 0 spiro atoms. The summed E-state index contributed by atoms with van der Waals surface area (Å²) in [7, 11) is -4.40. The van der Waals surface area contributed by atoms with Crippen LogP contribution in [0, 0.1) is 0 Å². The zero-order valence-corrected chi connectivity index (χ0v) is 21.2. The van der Waals surface area contributed by atoms with E-state index in [1.807, 2.05) is 30.3 Å². The summed E-state index contributed by atoms with van der Waals surface area (Å²) in [5.74, 6) is 0. The van der Waals surface area contributed by atoms with Crippen LogP contribution in [0.4, 0.5) is 0 Å². The lowest BCUT2D eigenvalue weighted by Crippen LogP contribution is -2.41. The maximum atomic E-state index is 13.7. The molecule has 3 aromatic rings. The Morgan fingerprint density at radius 1 is 1.10 bits per heavy atom. The van der Waals surface area contributed by atoms with Gasteiger partial charge in [0.15, 0.2) is 0 Å². The summed E-state index contributed by atoms with van der Waals surface area (Å²) in [5.41, 5.74) is 3.27. The van der Waals surface area contributed by atoms with Gasteiger partial charge in [-0.1, -0.05) is 78.3 Å². The number of halogens is 1. The highest BCUT2D eigenvalue weighted by atomic mass is 79.9. The van der Waals surface area contributed by atoms with Crippen LogP contribution in [0.25, 0.3) is 16.5 Å². The van der Waals surface area contributed by atoms with Crippen molar-refractivity contribution in [1.82, 2.24) is 9.29 Å². The minimum Gasteiger partial charge on any atom is -0.255 e. The Hall–Kier alpha value is -1.80. The second-order valence-electron chi connectivity index (χ2n) is 7.74. The number of nitrogens with zero attached hydrogens (tertiary/aromatic N) is 2. The predicted octanol–water partition coefficient (Wildman–Crippen LogP) is 5.99. The molecule has 1 aromatic heterocycles. The van der Waals surface area contributed by atoms with Crippen LogP contribution in [0.1, 0.15) is 19.4 Å². The zero-order valence-electron chi connectivity index (χ0n) is 17.8. The lowest BCUT2D eigenvalue weighted by atomic mass is 10.00. The van der Waals surface area contributed by atoms with Gasteiger partial charge in [-0.15, -0.1) is 0 Å². The lowest BCUT2D eigenvalue weighted by molar-refractivity contribution is 0.439. The molecular formula is C24H26BrN2O2SSi. The number of fused-ring (bicyclic) bond motifs is 1. The van der Waals surface area contributed by atoms with Crippen molar-refractivity contribution in [2.75, 3.05) is 13.1 Å². The molecule has 1 aliphatic rings. The molecule has 1 atom stereocenters. The smallest absolute Gasteiger partial charge is 0.245 e. The summed E-state index contributed by atoms with van der Waals surface area (Å²) in [4.78, 5) is 4.68. The van der Waals surface area contributed by atoms with Gasteiger partial charge in [0, 0.05) is 29.1 Å². The van der Waals surface area contributed by atoms with Gasteiger partial charge in [-0.25, -0.2) is 8.42 Å². The minimum atomic E-state index is -3.65. The van der Waals surface area contributed by atoms with Crippen LogP contribution in [0.15, 0.2) is 76.2 Å². The molecule has 0 bridgehead atoms. The van der Waals surface area contributed by atoms with Gasteiger partial charge in [-0.2, -0.15) is 4.31 Å². The standard InChI is InChI=1S/C24H26BrN2O2SSi/c1-3-31(4-2)23-17-27(15-13-21(23)19-9-5-11-20(25)16-19)30(28,29)22-12-6-8-18-10-7-14-26-24(18)22/h5-14,16,23H,3-4,15,17H2,1-2H3/t23-/m0/s1. The molecule has 0 N–H and O–H groups in total. The number of hydrogen-bond acceptors (Lipinski definition) is 3. The van der Waals surface area contributed by atoms with Crippen molar-refractivity contribution in [3.05, 3.63) is 76.9 Å². The molecule has 2 heterocycles. The first-order valence-electron chi connectivity index (χ1n) is 10.6. The first kappa shape index (κ1) is 22.4. The Labute approximate surface area is 194 Å². The van der Waals surface area contributed by atoms with E-state index in [0.717, 1.165) is 21.9 Å². The molecule has 0 fully saturated rings. The maximum Gasteiger partial charge on any atom is 0.245 e. The molecule has 1 aliphatic heterocycles. The van der Waals surface area contributed by atoms with Crippen LogP contribution >= 0.6 is 15.9 Å². The van der Waals surface area contributed by atoms with Gasteiger partial charge < -0.3 is 0 Å². The summed E-state index contributed by atoms with van der Waals surface area (Å²) in [5, 5.41) is 0.842. The highest BCUT2D eigenvalue weighted by molar-refractivity contribution is 9.10. The van der Waals surface area contributed by atoms with Gasteiger partial charge in [0.25, 0.3) is 0 Å². The van der Waals surface area contributed by atoms with E-state index in [-0.39, 0.29) is 5.54 Å². The van der Waals surface area contributed by atoms with Crippen LogP contribution in [0.2, 0.25) is 17.6 Å². The molecule has 7 heteroatoms. The number of para-hydroxylation sites is 1. The average Bonchev–Trinajstić information content (AvgIpc) is 2.79. The topological polar surface area (TPSA) is 50.3 Å². The quantitative estimate of drug-likeness (QED) is 0.380. The predicted molar refractivity (Wildman–Crippen MR) is 133 cm³/mol. The summed E-state index contributed by atoms with van der Waals surface area (Å²) in [6.07, 6.45) is 3.78. The maximum absolute atomic E-state index is 13.7. The second-order valence-corrected chi connectivity index (χ2v) is 14.0. The van der Waals surface area contributed by atoms with E-state index < -0.39 is 18.8 Å². The molecule has 31 heavy (non-hydrogen) atoms. The van der Waals surface area contributed by atoms with Crippen molar-refractivity contribution in [3.63, 3.8) is 0 Å². The molecular weight excluding hydrogens is 488 g/mol. The van der Waals surface area contributed by atoms with Crippen molar-refractivity contribution in [3.8, 4) is 0 Å². The van der Waals surface area contributed by atoms with Crippen LogP contribution in [0.3, 0.4) is 0 Å². The molecule has 0 aliphatic carbocycles. The van der Waals surface area contributed by atoms with E-state index in [2.05, 4.69) is 53.0 Å². The summed E-state index contributed by atoms with van der Waals surface area (Å²) >= 11 is 3.58. The largest absolute Gasteiger partial charge is 0.255 e. The molecule has 0 amide bonds. The summed E-state index contributed by atoms with van der Waals surface area (Å²) in [6, 6.07) is 19.7. The monoisotopic (exact) mass is 513 g/mol. The Morgan fingerprint density at radius 3 is 2.58 bits per heavy atom. The van der Waals surface area contributed by atoms with Crippen molar-refractivity contribution in [2.45, 2.75) is 36.4 Å². The van der Waals surface area contributed by atoms with Gasteiger partial charge in [-0.3, -0.25) is 4.98 Å². The van der Waals surface area contributed by atoms with E-state index in [0.29, 0.717) is 23.5 Å². The molecule has 161 valence electrons. The number of rotatable bonds is 6.